The number of carbonyl (C=O) groups excluding carboxylic acids is 2. The van der Waals surface area contributed by atoms with E-state index in [2.05, 4.69) is 0 Å². The van der Waals surface area contributed by atoms with Gasteiger partial charge in [-0.05, 0) is 55.0 Å². The van der Waals surface area contributed by atoms with Gasteiger partial charge in [-0.15, -0.1) is 0 Å². The minimum atomic E-state index is -4.17. The molecule has 9 heteroatoms. The monoisotopic (exact) mass is 540 g/mol. The molecule has 0 saturated carbocycles. The van der Waals surface area contributed by atoms with Gasteiger partial charge in [-0.3, -0.25) is 14.4 Å². The highest BCUT2D eigenvalue weighted by Gasteiger charge is 2.60. The van der Waals surface area contributed by atoms with E-state index >= 15 is 0 Å². The van der Waals surface area contributed by atoms with E-state index in [1.54, 1.807) is 66.7 Å². The number of hydrogen-bond donors (Lipinski definition) is 0. The normalized spacial score (nSPS) is 20.8. The molecule has 2 saturated heterocycles. The van der Waals surface area contributed by atoms with Crippen LogP contribution in [-0.4, -0.2) is 26.3 Å². The van der Waals surface area contributed by atoms with Gasteiger partial charge in [0.05, 0.1) is 17.4 Å². The average molecular weight is 541 g/mol. The molecule has 0 radical (unpaired) electrons. The Bertz CT molecular complexity index is 1660. The Morgan fingerprint density at radius 1 is 0.744 bits per heavy atom. The molecule has 4 aromatic rings. The van der Waals surface area contributed by atoms with Crippen molar-refractivity contribution >= 4 is 33.3 Å². The minimum absolute atomic E-state index is 0.00184. The lowest BCUT2D eigenvalue weighted by molar-refractivity contribution is -0.126. The van der Waals surface area contributed by atoms with Crippen molar-refractivity contribution < 1.29 is 27.0 Å². The Kier molecular flexibility index (Phi) is 6.17. The number of hydrogen-bond acceptors (Lipinski definition) is 7. The van der Waals surface area contributed by atoms with E-state index in [0.717, 1.165) is 10.5 Å². The molecule has 6 rings (SSSR count). The van der Waals surface area contributed by atoms with Gasteiger partial charge in [-0.1, -0.05) is 66.7 Å². The smallest absolute Gasteiger partial charge is 0.339 e. The van der Waals surface area contributed by atoms with Crippen molar-refractivity contribution in [2.24, 2.45) is 5.92 Å². The fourth-order valence-corrected chi connectivity index (χ4v) is 6.08. The molecule has 2 amide bonds. The van der Waals surface area contributed by atoms with Gasteiger partial charge < -0.3 is 4.18 Å². The molecule has 0 N–H and O–H groups in total. The number of amides is 2. The highest BCUT2D eigenvalue weighted by Crippen LogP contribution is 2.49. The fraction of sp³-hybridized carbons (Fsp3) is 0.133. The number of anilines is 2. The number of imide groups is 1. The first-order valence-corrected chi connectivity index (χ1v) is 13.8. The number of rotatable bonds is 6. The molecule has 4 aromatic carbocycles. The molecule has 2 heterocycles. The second-order valence-corrected chi connectivity index (χ2v) is 10.9. The van der Waals surface area contributed by atoms with E-state index in [9.17, 15) is 18.0 Å². The van der Waals surface area contributed by atoms with E-state index in [0.29, 0.717) is 16.9 Å². The Morgan fingerprint density at radius 3 is 2.10 bits per heavy atom. The van der Waals surface area contributed by atoms with Crippen LogP contribution < -0.4 is 14.1 Å². The number of para-hydroxylation sites is 2. The molecule has 8 nitrogen and oxygen atoms in total. The summed E-state index contributed by atoms with van der Waals surface area (Å²) < 4.78 is 31.9. The standard InChI is InChI=1S/C30H24N2O6S/c1-20-11-10-14-22(19-20)31-29(33)26-27(32(37-28(26)30(31)34)21-12-4-2-5-13-21)24-17-8-9-18-25(24)38-39(35,36)23-15-6-3-7-16-23/h2-19,26-28H,1H3/t26-,27-,28-/m0/s1. The molecule has 2 aliphatic heterocycles. The first kappa shape index (κ1) is 24.8. The Hall–Kier alpha value is -4.47. The van der Waals surface area contributed by atoms with E-state index < -0.39 is 40.0 Å². The fourth-order valence-electron chi connectivity index (χ4n) is 5.10. The molecule has 2 aliphatic rings. The van der Waals surface area contributed by atoms with Crippen LogP contribution >= 0.6 is 0 Å². The number of nitrogens with zero attached hydrogens (tertiary/aromatic N) is 2. The minimum Gasteiger partial charge on any atom is -0.379 e. The van der Waals surface area contributed by atoms with Gasteiger partial charge in [0.15, 0.2) is 6.10 Å². The summed E-state index contributed by atoms with van der Waals surface area (Å²) in [5.74, 6) is -1.80. The number of benzene rings is 4. The van der Waals surface area contributed by atoms with Gasteiger partial charge in [0.2, 0.25) is 5.91 Å². The van der Waals surface area contributed by atoms with E-state index in [-0.39, 0.29) is 10.6 Å². The van der Waals surface area contributed by atoms with E-state index in [1.807, 2.05) is 31.2 Å². The van der Waals surface area contributed by atoms with Crippen molar-refractivity contribution in [1.29, 1.82) is 0 Å². The summed E-state index contributed by atoms with van der Waals surface area (Å²) in [6.07, 6.45) is -1.10. The topological polar surface area (TPSA) is 93.2 Å². The Morgan fingerprint density at radius 2 is 1.38 bits per heavy atom. The van der Waals surface area contributed by atoms with Gasteiger partial charge in [0, 0.05) is 5.56 Å². The lowest BCUT2D eigenvalue weighted by Gasteiger charge is -2.29. The van der Waals surface area contributed by atoms with Gasteiger partial charge in [-0.2, -0.15) is 8.42 Å². The highest BCUT2D eigenvalue weighted by molar-refractivity contribution is 7.87. The quantitative estimate of drug-likeness (QED) is 0.256. The molecular formula is C30H24N2O6S. The van der Waals surface area contributed by atoms with Crippen molar-refractivity contribution in [3.63, 3.8) is 0 Å². The van der Waals surface area contributed by atoms with Gasteiger partial charge in [0.1, 0.15) is 16.6 Å². The summed E-state index contributed by atoms with van der Waals surface area (Å²) in [4.78, 5) is 34.9. The maximum absolute atomic E-state index is 13.9. The highest BCUT2D eigenvalue weighted by atomic mass is 32.2. The number of hydroxylamine groups is 1. The molecule has 3 atom stereocenters. The van der Waals surface area contributed by atoms with Crippen molar-refractivity contribution in [2.75, 3.05) is 9.96 Å². The third-order valence-corrected chi connectivity index (χ3v) is 8.10. The van der Waals surface area contributed by atoms with Crippen molar-refractivity contribution in [1.82, 2.24) is 0 Å². The zero-order valence-corrected chi connectivity index (χ0v) is 21.7. The van der Waals surface area contributed by atoms with Crippen LogP contribution in [0.15, 0.2) is 114 Å². The van der Waals surface area contributed by atoms with Gasteiger partial charge in [-0.25, -0.2) is 9.96 Å². The third kappa shape index (κ3) is 4.35. The van der Waals surface area contributed by atoms with Crippen LogP contribution in [0.5, 0.6) is 5.75 Å². The lowest BCUT2D eigenvalue weighted by atomic mass is 9.90. The third-order valence-electron chi connectivity index (χ3n) is 6.85. The van der Waals surface area contributed by atoms with Crippen LogP contribution in [0.25, 0.3) is 0 Å². The average Bonchev–Trinajstić information content (AvgIpc) is 3.45. The van der Waals surface area contributed by atoms with Crippen LogP contribution in [0.4, 0.5) is 11.4 Å². The summed E-state index contributed by atoms with van der Waals surface area (Å²) in [5.41, 5.74) is 2.38. The predicted molar refractivity (Wildman–Crippen MR) is 144 cm³/mol. The van der Waals surface area contributed by atoms with Crippen molar-refractivity contribution in [2.45, 2.75) is 24.0 Å². The first-order valence-electron chi connectivity index (χ1n) is 12.4. The molecule has 2 fully saturated rings. The Balaban J connectivity index is 1.45. The number of fused-ring (bicyclic) bond motifs is 1. The second-order valence-electron chi connectivity index (χ2n) is 9.40. The molecule has 196 valence electrons. The molecule has 0 bridgehead atoms. The SMILES string of the molecule is Cc1cccc(N2C(=O)[C@@H]3[C@H](ON(c4ccccc4)[C@H]3c3ccccc3OS(=O)(=O)c3ccccc3)C2=O)c1. The molecule has 0 aromatic heterocycles. The van der Waals surface area contributed by atoms with E-state index in [4.69, 9.17) is 9.02 Å². The van der Waals surface area contributed by atoms with Crippen molar-refractivity contribution in [3.8, 4) is 5.75 Å². The molecule has 0 unspecified atom stereocenters. The number of carbonyl (C=O) groups is 2. The zero-order valence-electron chi connectivity index (χ0n) is 20.9. The van der Waals surface area contributed by atoms with Crippen LogP contribution in [0.2, 0.25) is 0 Å². The van der Waals surface area contributed by atoms with Gasteiger partial charge >= 0.3 is 10.1 Å². The maximum atomic E-state index is 13.9. The summed E-state index contributed by atoms with van der Waals surface area (Å²) in [6.45, 7) is 1.88. The predicted octanol–water partition coefficient (Wildman–Crippen LogP) is 4.81. The summed E-state index contributed by atoms with van der Waals surface area (Å²) in [5, 5.41) is 1.51. The molecular weight excluding hydrogens is 516 g/mol. The summed E-state index contributed by atoms with van der Waals surface area (Å²) in [7, 11) is -4.17. The van der Waals surface area contributed by atoms with E-state index in [1.165, 1.54) is 23.3 Å². The molecule has 39 heavy (non-hydrogen) atoms. The molecule has 0 aliphatic carbocycles. The first-order chi connectivity index (χ1) is 18.8. The number of aryl methyl sites for hydroxylation is 1. The lowest BCUT2D eigenvalue weighted by Crippen LogP contribution is -2.37. The summed E-state index contributed by atoms with van der Waals surface area (Å²) >= 11 is 0. The van der Waals surface area contributed by atoms with Crippen LogP contribution in [0.1, 0.15) is 17.2 Å². The summed E-state index contributed by atoms with van der Waals surface area (Å²) in [6, 6.07) is 29.8. The van der Waals surface area contributed by atoms with Crippen molar-refractivity contribution in [3.05, 3.63) is 120 Å². The maximum Gasteiger partial charge on any atom is 0.339 e. The zero-order chi connectivity index (χ0) is 27.1. The molecule has 0 spiro atoms. The van der Waals surface area contributed by atoms with Crippen LogP contribution in [0, 0.1) is 12.8 Å². The van der Waals surface area contributed by atoms with Crippen LogP contribution in [0.3, 0.4) is 0 Å². The van der Waals surface area contributed by atoms with Crippen LogP contribution in [-0.2, 0) is 24.5 Å². The van der Waals surface area contributed by atoms with Gasteiger partial charge in [0.25, 0.3) is 5.91 Å². The Labute approximate surface area is 226 Å². The second kappa shape index (κ2) is 9.68. The largest absolute Gasteiger partial charge is 0.379 e.